The highest BCUT2D eigenvalue weighted by Crippen LogP contribution is 2.36. The fourth-order valence-electron chi connectivity index (χ4n) is 1.88. The molecule has 1 aromatic carbocycles. The largest absolute Gasteiger partial charge is 0.481 e. The van der Waals surface area contributed by atoms with E-state index in [0.717, 1.165) is 4.90 Å². The molecule has 1 unspecified atom stereocenters. The molecule has 1 atom stereocenters. The highest BCUT2D eigenvalue weighted by molar-refractivity contribution is 6.31. The zero-order valence-electron chi connectivity index (χ0n) is 10.1. The van der Waals surface area contributed by atoms with Gasteiger partial charge in [0.25, 0.3) is 5.91 Å². The van der Waals surface area contributed by atoms with Gasteiger partial charge in [0.15, 0.2) is 6.10 Å². The van der Waals surface area contributed by atoms with Crippen LogP contribution >= 0.6 is 11.6 Å². The Bertz CT molecular complexity index is 587. The normalized spacial score (nSPS) is 17.4. The SMILES string of the molecule is O=C(O)CC1Oc2ccc(Cl)cc2N(CC(=O)O)C1=O. The maximum atomic E-state index is 12.1. The molecule has 2 N–H and O–H groups in total. The Hall–Kier alpha value is -2.28. The monoisotopic (exact) mass is 299 g/mol. The molecule has 8 heteroatoms. The average Bonchev–Trinajstić information content (AvgIpc) is 2.34. The molecule has 0 spiro atoms. The first-order valence-corrected chi connectivity index (χ1v) is 5.97. The molecule has 1 aromatic rings. The van der Waals surface area contributed by atoms with Gasteiger partial charge in [0, 0.05) is 5.02 Å². The Morgan fingerprint density at radius 3 is 2.60 bits per heavy atom. The number of carbonyl (C=O) groups is 3. The number of anilines is 1. The van der Waals surface area contributed by atoms with Crippen LogP contribution in [-0.4, -0.2) is 40.7 Å². The number of hydrogen-bond acceptors (Lipinski definition) is 4. The molecule has 7 nitrogen and oxygen atoms in total. The molecule has 0 bridgehead atoms. The van der Waals surface area contributed by atoms with Crippen molar-refractivity contribution in [3.8, 4) is 5.75 Å². The van der Waals surface area contributed by atoms with Crippen molar-refractivity contribution in [3.63, 3.8) is 0 Å². The van der Waals surface area contributed by atoms with Gasteiger partial charge < -0.3 is 14.9 Å². The van der Waals surface area contributed by atoms with E-state index in [1.54, 1.807) is 0 Å². The summed E-state index contributed by atoms with van der Waals surface area (Å²) in [6.07, 6.45) is -1.79. The van der Waals surface area contributed by atoms with Gasteiger partial charge in [-0.25, -0.2) is 0 Å². The Kier molecular flexibility index (Phi) is 3.80. The maximum Gasteiger partial charge on any atom is 0.323 e. The second kappa shape index (κ2) is 5.38. The molecule has 20 heavy (non-hydrogen) atoms. The van der Waals surface area contributed by atoms with E-state index in [4.69, 9.17) is 26.6 Å². The van der Waals surface area contributed by atoms with Crippen LogP contribution in [0.15, 0.2) is 18.2 Å². The summed E-state index contributed by atoms with van der Waals surface area (Å²) in [5, 5.41) is 17.9. The van der Waals surface area contributed by atoms with E-state index in [-0.39, 0.29) is 11.4 Å². The maximum absolute atomic E-state index is 12.1. The number of ether oxygens (including phenoxy) is 1. The van der Waals surface area contributed by atoms with Crippen LogP contribution in [0.3, 0.4) is 0 Å². The Morgan fingerprint density at radius 2 is 2.00 bits per heavy atom. The number of carbonyl (C=O) groups excluding carboxylic acids is 1. The van der Waals surface area contributed by atoms with Crippen molar-refractivity contribution >= 4 is 35.1 Å². The molecule has 1 heterocycles. The van der Waals surface area contributed by atoms with Crippen LogP contribution in [0.5, 0.6) is 5.75 Å². The molecule has 2 rings (SSSR count). The summed E-state index contributed by atoms with van der Waals surface area (Å²) in [6.45, 7) is -0.592. The first-order valence-electron chi connectivity index (χ1n) is 5.59. The van der Waals surface area contributed by atoms with Crippen LogP contribution in [0.2, 0.25) is 5.02 Å². The quantitative estimate of drug-likeness (QED) is 0.859. The van der Waals surface area contributed by atoms with E-state index in [9.17, 15) is 14.4 Å². The van der Waals surface area contributed by atoms with E-state index in [1.165, 1.54) is 18.2 Å². The van der Waals surface area contributed by atoms with Gasteiger partial charge in [0.05, 0.1) is 12.1 Å². The zero-order chi connectivity index (χ0) is 14.9. The summed E-state index contributed by atoms with van der Waals surface area (Å²) in [5.41, 5.74) is 0.214. The Labute approximate surface area is 118 Å². The van der Waals surface area contributed by atoms with Crippen LogP contribution in [0, 0.1) is 0 Å². The smallest absolute Gasteiger partial charge is 0.323 e. The van der Waals surface area contributed by atoms with Crippen LogP contribution in [0.25, 0.3) is 0 Å². The van der Waals surface area contributed by atoms with E-state index >= 15 is 0 Å². The van der Waals surface area contributed by atoms with Crippen molar-refractivity contribution in [1.29, 1.82) is 0 Å². The number of fused-ring (bicyclic) bond motifs is 1. The van der Waals surface area contributed by atoms with Crippen molar-refractivity contribution in [2.45, 2.75) is 12.5 Å². The third-order valence-corrected chi connectivity index (χ3v) is 2.91. The van der Waals surface area contributed by atoms with Gasteiger partial charge in [-0.1, -0.05) is 11.6 Å². The van der Waals surface area contributed by atoms with Crippen LogP contribution in [0.4, 0.5) is 5.69 Å². The second-order valence-corrected chi connectivity index (χ2v) is 4.57. The summed E-state index contributed by atoms with van der Waals surface area (Å²) in [4.78, 5) is 34.6. The standard InChI is InChI=1S/C12H10ClNO6/c13-6-1-2-8-7(3-6)14(5-11(17)18)12(19)9(20-8)4-10(15)16/h1-3,9H,4-5H2,(H,15,16)(H,17,18). The molecule has 0 aromatic heterocycles. The van der Waals surface area contributed by atoms with E-state index in [0.29, 0.717) is 5.02 Å². The van der Waals surface area contributed by atoms with Crippen molar-refractivity contribution in [3.05, 3.63) is 23.2 Å². The van der Waals surface area contributed by atoms with E-state index in [2.05, 4.69) is 0 Å². The van der Waals surface area contributed by atoms with Gasteiger partial charge in [0.2, 0.25) is 0 Å². The predicted octanol–water partition coefficient (Wildman–Crippen LogP) is 0.993. The first kappa shape index (κ1) is 14.1. The van der Waals surface area contributed by atoms with Crippen LogP contribution < -0.4 is 9.64 Å². The molecule has 1 aliphatic heterocycles. The van der Waals surface area contributed by atoms with E-state index < -0.39 is 36.9 Å². The van der Waals surface area contributed by atoms with Gasteiger partial charge in [-0.2, -0.15) is 0 Å². The van der Waals surface area contributed by atoms with Gasteiger partial charge in [0.1, 0.15) is 12.3 Å². The topological polar surface area (TPSA) is 104 Å². The van der Waals surface area contributed by atoms with E-state index in [1.807, 2.05) is 0 Å². The van der Waals surface area contributed by atoms with Crippen LogP contribution in [-0.2, 0) is 14.4 Å². The number of carboxylic acids is 2. The number of hydrogen-bond donors (Lipinski definition) is 2. The molecule has 0 saturated carbocycles. The van der Waals surface area contributed by atoms with Gasteiger partial charge in [-0.05, 0) is 18.2 Å². The van der Waals surface area contributed by atoms with Gasteiger partial charge in [-0.15, -0.1) is 0 Å². The van der Waals surface area contributed by atoms with Crippen molar-refractivity contribution in [2.24, 2.45) is 0 Å². The first-order chi connectivity index (χ1) is 9.38. The lowest BCUT2D eigenvalue weighted by Gasteiger charge is -2.33. The lowest BCUT2D eigenvalue weighted by Crippen LogP contribution is -2.48. The van der Waals surface area contributed by atoms with Gasteiger partial charge in [-0.3, -0.25) is 19.3 Å². The number of carboxylic acid groups (broad SMARTS) is 2. The van der Waals surface area contributed by atoms with Crippen molar-refractivity contribution in [1.82, 2.24) is 0 Å². The van der Waals surface area contributed by atoms with Crippen LogP contribution in [0.1, 0.15) is 6.42 Å². The number of halogens is 1. The highest BCUT2D eigenvalue weighted by atomic mass is 35.5. The molecule has 106 valence electrons. The molecule has 0 aliphatic carbocycles. The van der Waals surface area contributed by atoms with Crippen molar-refractivity contribution in [2.75, 3.05) is 11.4 Å². The summed E-state index contributed by atoms with van der Waals surface area (Å²) >= 11 is 5.81. The zero-order valence-corrected chi connectivity index (χ0v) is 10.8. The number of aliphatic carboxylic acids is 2. The predicted molar refractivity (Wildman–Crippen MR) is 68.1 cm³/mol. The number of rotatable bonds is 4. The highest BCUT2D eigenvalue weighted by Gasteiger charge is 2.36. The molecule has 0 fully saturated rings. The third-order valence-electron chi connectivity index (χ3n) is 2.68. The average molecular weight is 300 g/mol. The molecular formula is C12H10ClNO6. The number of amides is 1. The lowest BCUT2D eigenvalue weighted by atomic mass is 10.1. The minimum atomic E-state index is -1.25. The Balaban J connectivity index is 2.41. The fourth-order valence-corrected chi connectivity index (χ4v) is 2.05. The molecule has 0 radical (unpaired) electrons. The molecule has 0 saturated heterocycles. The minimum absolute atomic E-state index is 0.214. The molecule has 1 amide bonds. The fraction of sp³-hybridized carbons (Fsp3) is 0.250. The van der Waals surface area contributed by atoms with Crippen molar-refractivity contribution < 1.29 is 29.3 Å². The third kappa shape index (κ3) is 2.83. The summed E-state index contributed by atoms with van der Waals surface area (Å²) in [6, 6.07) is 4.37. The second-order valence-electron chi connectivity index (χ2n) is 4.13. The molecule has 1 aliphatic rings. The summed E-state index contributed by atoms with van der Waals surface area (Å²) in [7, 11) is 0. The molecular weight excluding hydrogens is 290 g/mol. The van der Waals surface area contributed by atoms with Gasteiger partial charge >= 0.3 is 11.9 Å². The summed E-state index contributed by atoms with van der Waals surface area (Å²) in [5.74, 6) is -2.93. The minimum Gasteiger partial charge on any atom is -0.481 e. The Morgan fingerprint density at radius 1 is 1.30 bits per heavy atom. The number of nitrogens with zero attached hydrogens (tertiary/aromatic N) is 1. The number of benzene rings is 1. The lowest BCUT2D eigenvalue weighted by molar-refractivity contribution is -0.143. The summed E-state index contributed by atoms with van der Waals surface area (Å²) < 4.78 is 5.30.